The first-order valence-corrected chi connectivity index (χ1v) is 18.2. The molecule has 4 atom stereocenters. The minimum Gasteiger partial charge on any atom is -0.390 e. The molecule has 0 radical (unpaired) electrons. The number of sulfone groups is 1. The molecule has 0 saturated heterocycles. The van der Waals surface area contributed by atoms with Crippen molar-refractivity contribution in [3.8, 4) is 10.6 Å². The molecule has 14 heteroatoms. The van der Waals surface area contributed by atoms with Gasteiger partial charge in [-0.25, -0.2) is 22.8 Å². The first kappa shape index (κ1) is 33.5. The van der Waals surface area contributed by atoms with E-state index >= 15 is 0 Å². The number of rotatable bonds is 10. The maximum Gasteiger partial charge on any atom is 0.224 e. The zero-order chi connectivity index (χ0) is 32.7. The predicted octanol–water partition coefficient (Wildman–Crippen LogP) is 5.15. The van der Waals surface area contributed by atoms with Crippen molar-refractivity contribution < 1.29 is 23.0 Å². The van der Waals surface area contributed by atoms with E-state index in [1.165, 1.54) is 30.4 Å². The zero-order valence-corrected chi connectivity index (χ0v) is 28.6. The van der Waals surface area contributed by atoms with E-state index in [0.29, 0.717) is 34.6 Å². The summed E-state index contributed by atoms with van der Waals surface area (Å²) in [5.41, 5.74) is 3.12. The Morgan fingerprint density at radius 3 is 2.51 bits per heavy atom. The number of thioether (sulfide) groups is 1. The molecule has 4 N–H and O–H groups in total. The highest BCUT2D eigenvalue weighted by Crippen LogP contribution is 2.39. The number of nitrogens with one attached hydrogen (secondary N) is 2. The highest BCUT2D eigenvalue weighted by Gasteiger charge is 2.44. The molecule has 0 aliphatic heterocycles. The predicted molar refractivity (Wildman–Crippen MR) is 179 cm³/mol. The van der Waals surface area contributed by atoms with Crippen molar-refractivity contribution >= 4 is 54.9 Å². The second-order valence-electron chi connectivity index (χ2n) is 12.4. The smallest absolute Gasteiger partial charge is 0.224 e. The summed E-state index contributed by atoms with van der Waals surface area (Å²) in [6.07, 6.45) is -0.654. The molecule has 45 heavy (non-hydrogen) atoms. The molecule has 1 aliphatic carbocycles. The van der Waals surface area contributed by atoms with E-state index in [9.17, 15) is 23.0 Å². The minimum atomic E-state index is -3.86. The second-order valence-corrected chi connectivity index (χ2v) is 17.4. The summed E-state index contributed by atoms with van der Waals surface area (Å²) in [5.74, 6) is 0.0251. The Bertz CT molecular complexity index is 1810. The summed E-state index contributed by atoms with van der Waals surface area (Å²) >= 11 is 3.30. The summed E-state index contributed by atoms with van der Waals surface area (Å²) in [7, 11) is -3.86. The molecular weight excluding hydrogens is 636 g/mol. The van der Waals surface area contributed by atoms with E-state index in [4.69, 9.17) is 15.0 Å². The van der Waals surface area contributed by atoms with Crippen LogP contribution in [0.2, 0.25) is 0 Å². The molecule has 1 aliphatic rings. The highest BCUT2D eigenvalue weighted by molar-refractivity contribution is 8.00. The number of nitrogens with zero attached hydrogens (tertiary/aromatic N) is 4. The maximum absolute atomic E-state index is 13.8. The third-order valence-corrected chi connectivity index (χ3v) is 11.9. The quantitative estimate of drug-likeness (QED) is 0.131. The van der Waals surface area contributed by atoms with Crippen LogP contribution < -0.4 is 10.6 Å². The third-order valence-electron chi connectivity index (χ3n) is 7.76. The van der Waals surface area contributed by atoms with E-state index < -0.39 is 45.6 Å². The van der Waals surface area contributed by atoms with Crippen LogP contribution in [0.25, 0.3) is 20.8 Å². The number of thiazole rings is 1. The van der Waals surface area contributed by atoms with Gasteiger partial charge in [-0.1, -0.05) is 20.8 Å². The fraction of sp³-hybridized carbons (Fsp3) is 0.484. The summed E-state index contributed by atoms with van der Waals surface area (Å²) in [6.45, 7) is 12.4. The fourth-order valence-corrected chi connectivity index (χ4v) is 9.07. The Morgan fingerprint density at radius 1 is 1.07 bits per heavy atom. The Morgan fingerprint density at radius 2 is 1.82 bits per heavy atom. The number of hydrogen-bond acceptors (Lipinski definition) is 12. The molecule has 3 aromatic heterocycles. The van der Waals surface area contributed by atoms with Gasteiger partial charge in [0.2, 0.25) is 5.95 Å². The van der Waals surface area contributed by atoms with Gasteiger partial charge in [0.15, 0.2) is 9.84 Å². The molecule has 5 rings (SSSR count). The van der Waals surface area contributed by atoms with Gasteiger partial charge in [-0.3, -0.25) is 4.98 Å². The molecule has 4 aromatic rings. The molecule has 0 unspecified atom stereocenters. The third kappa shape index (κ3) is 7.57. The fourth-order valence-electron chi connectivity index (χ4n) is 5.42. The van der Waals surface area contributed by atoms with Crippen LogP contribution in [0, 0.1) is 32.5 Å². The molecule has 0 spiro atoms. The van der Waals surface area contributed by atoms with Gasteiger partial charge in [-0.05, 0) is 57.0 Å². The summed E-state index contributed by atoms with van der Waals surface area (Å²) in [6, 6.07) is 4.84. The number of aliphatic hydroxyl groups is 2. The van der Waals surface area contributed by atoms with Gasteiger partial charge in [0, 0.05) is 29.2 Å². The number of aryl methyl sites for hydroxylation is 3. The molecule has 0 amide bonds. The lowest BCUT2D eigenvalue weighted by molar-refractivity contribution is 0.0216. The van der Waals surface area contributed by atoms with Crippen molar-refractivity contribution in [2.45, 2.75) is 75.9 Å². The van der Waals surface area contributed by atoms with Crippen molar-refractivity contribution in [1.29, 1.82) is 0 Å². The van der Waals surface area contributed by atoms with Gasteiger partial charge in [-0.2, -0.15) is 16.7 Å². The highest BCUT2D eigenvalue weighted by atomic mass is 32.2. The first-order chi connectivity index (χ1) is 21.1. The van der Waals surface area contributed by atoms with Gasteiger partial charge in [0.05, 0.1) is 44.4 Å². The molecule has 1 fully saturated rings. The number of fused-ring (bicyclic) bond motifs is 1. The lowest BCUT2D eigenvalue weighted by Crippen LogP contribution is -2.36. The number of anilines is 2. The molecule has 0 bridgehead atoms. The van der Waals surface area contributed by atoms with Gasteiger partial charge in [0.25, 0.3) is 0 Å². The van der Waals surface area contributed by atoms with Crippen LogP contribution in [0.4, 0.5) is 16.2 Å². The number of aromatic nitrogens is 4. The number of aliphatic hydroxyl groups excluding tert-OH is 2. The van der Waals surface area contributed by atoms with Crippen molar-refractivity contribution in [2.24, 2.45) is 5.92 Å². The van der Waals surface area contributed by atoms with Gasteiger partial charge in [-0.15, -0.1) is 11.3 Å². The lowest BCUT2D eigenvalue weighted by atomic mass is 10.1. The van der Waals surface area contributed by atoms with Crippen LogP contribution in [0.15, 0.2) is 35.4 Å². The van der Waals surface area contributed by atoms with Crippen LogP contribution >= 0.6 is 23.1 Å². The maximum atomic E-state index is 13.8. The number of hydrogen-bond donors (Lipinski definition) is 4. The average Bonchev–Trinajstić information content (AvgIpc) is 3.49. The molecule has 1 aromatic carbocycles. The average molecular weight is 675 g/mol. The molecule has 10 nitrogen and oxygen atoms in total. The summed E-state index contributed by atoms with van der Waals surface area (Å²) in [5, 5.41) is 29.4. The number of halogens is 1. The number of benzene rings is 1. The molecule has 242 valence electrons. The Labute approximate surface area is 271 Å². The van der Waals surface area contributed by atoms with Gasteiger partial charge < -0.3 is 20.8 Å². The van der Waals surface area contributed by atoms with E-state index in [1.54, 1.807) is 6.20 Å². The van der Waals surface area contributed by atoms with E-state index in [-0.39, 0.29) is 21.6 Å². The first-order valence-electron chi connectivity index (χ1n) is 14.7. The second kappa shape index (κ2) is 13.1. The topological polar surface area (TPSA) is 150 Å². The Hall–Kier alpha value is -2.91. The van der Waals surface area contributed by atoms with Crippen LogP contribution in [-0.4, -0.2) is 79.6 Å². The number of pyridine rings is 1. The van der Waals surface area contributed by atoms with Crippen LogP contribution in [0.5, 0.6) is 0 Å². The minimum absolute atomic E-state index is 0.0193. The van der Waals surface area contributed by atoms with Crippen LogP contribution in [0.3, 0.4) is 0 Å². The molecule has 3 heterocycles. The van der Waals surface area contributed by atoms with Crippen molar-refractivity contribution in [3.63, 3.8) is 0 Å². The van der Waals surface area contributed by atoms with Crippen LogP contribution in [-0.2, 0) is 9.84 Å². The Kier molecular flexibility index (Phi) is 9.71. The van der Waals surface area contributed by atoms with Gasteiger partial charge in [0.1, 0.15) is 28.3 Å². The summed E-state index contributed by atoms with van der Waals surface area (Å²) in [4.78, 5) is 18.7. The largest absolute Gasteiger partial charge is 0.390 e. The van der Waals surface area contributed by atoms with Crippen LogP contribution in [0.1, 0.15) is 44.1 Å². The normalized spacial score (nSPS) is 20.6. The zero-order valence-electron chi connectivity index (χ0n) is 26.1. The lowest BCUT2D eigenvalue weighted by Gasteiger charge is -2.21. The van der Waals surface area contributed by atoms with E-state index in [2.05, 4.69) is 36.4 Å². The summed E-state index contributed by atoms with van der Waals surface area (Å²) < 4.78 is 41.3. The van der Waals surface area contributed by atoms with E-state index in [0.717, 1.165) is 27.7 Å². The van der Waals surface area contributed by atoms with Gasteiger partial charge >= 0.3 is 0 Å². The van der Waals surface area contributed by atoms with E-state index in [1.807, 2.05) is 31.7 Å². The van der Waals surface area contributed by atoms with Crippen molar-refractivity contribution in [1.82, 2.24) is 19.9 Å². The van der Waals surface area contributed by atoms with Crippen molar-refractivity contribution in [3.05, 3.63) is 53.2 Å². The monoisotopic (exact) mass is 674 g/mol. The SMILES string of the molecule is Cc1cc(S(=O)(=O)C[C@H]2C[C@@H](Nc3nc(NCCSC(C)(C)C)nc(C)c3-c3nc4c(C)nccc4s3)[C@H](O)[C@@H]2O)ccc1F. The molecular formula is C31H39FN6O4S3. The standard InChI is InChI=1S/C31H39FN6O4S3/c1-16-13-20(7-8-21(16)32)45(41,42)15-19-14-22(27(40)26(19)39)36-28-24(29-37-25-18(3)33-10-9-23(25)44-29)17(2)35-30(38-28)34-11-12-43-31(4,5)6/h7-10,13,19,22,26-27,39-40H,11-12,14-15H2,1-6H3,(H2,34,35,36,38)/t19-,22-,26-,27+/m1/s1. The Balaban J connectivity index is 1.44. The van der Waals surface area contributed by atoms with Crippen molar-refractivity contribution in [2.75, 3.05) is 28.7 Å². The molecule has 1 saturated carbocycles.